The van der Waals surface area contributed by atoms with E-state index in [0.29, 0.717) is 12.5 Å². The van der Waals surface area contributed by atoms with Crippen LogP contribution in [0.25, 0.3) is 10.6 Å². The second-order valence-electron chi connectivity index (χ2n) is 6.26. The van der Waals surface area contributed by atoms with Gasteiger partial charge in [0.15, 0.2) is 0 Å². The normalized spacial score (nSPS) is 10.8. The molecule has 0 radical (unpaired) electrons. The Balaban J connectivity index is 1.90. The van der Waals surface area contributed by atoms with Crippen molar-refractivity contribution in [3.05, 3.63) is 51.7 Å². The average Bonchev–Trinajstić information content (AvgIpc) is 3.00. The molecular formula is C20H25N5S. The summed E-state index contributed by atoms with van der Waals surface area (Å²) in [5.74, 6) is 1.43. The van der Waals surface area contributed by atoms with E-state index in [4.69, 9.17) is 4.98 Å². The Morgan fingerprint density at radius 2 is 1.81 bits per heavy atom. The highest BCUT2D eigenvalue weighted by Crippen LogP contribution is 2.34. The van der Waals surface area contributed by atoms with Crippen molar-refractivity contribution in [1.29, 1.82) is 0 Å². The first kappa shape index (κ1) is 18.3. The second kappa shape index (κ2) is 7.83. The molecule has 3 rings (SSSR count). The van der Waals surface area contributed by atoms with Crippen molar-refractivity contribution >= 4 is 23.1 Å². The van der Waals surface area contributed by atoms with Crippen molar-refractivity contribution in [3.8, 4) is 10.6 Å². The van der Waals surface area contributed by atoms with Crippen LogP contribution in [0, 0.1) is 20.8 Å². The number of hydrogen-bond acceptors (Lipinski definition) is 6. The molecule has 26 heavy (non-hydrogen) atoms. The molecule has 3 aromatic rings. The van der Waals surface area contributed by atoms with Crippen LogP contribution in [0.4, 0.5) is 11.8 Å². The van der Waals surface area contributed by atoms with Gasteiger partial charge in [-0.2, -0.15) is 4.98 Å². The summed E-state index contributed by atoms with van der Waals surface area (Å²) in [5.41, 5.74) is 5.56. The van der Waals surface area contributed by atoms with Crippen LogP contribution < -0.4 is 10.6 Å². The number of hydrogen-bond donors (Lipinski definition) is 2. The number of thiazole rings is 1. The largest absolute Gasteiger partial charge is 0.372 e. The van der Waals surface area contributed by atoms with E-state index in [1.54, 1.807) is 11.3 Å². The van der Waals surface area contributed by atoms with Crippen molar-refractivity contribution in [1.82, 2.24) is 15.0 Å². The Hall–Kier alpha value is -2.47. The first-order valence-electron chi connectivity index (χ1n) is 8.85. The van der Waals surface area contributed by atoms with Gasteiger partial charge in [0.1, 0.15) is 10.8 Å². The maximum absolute atomic E-state index is 4.78. The smallest absolute Gasteiger partial charge is 0.225 e. The molecule has 136 valence electrons. The van der Waals surface area contributed by atoms with E-state index < -0.39 is 0 Å². The zero-order valence-corrected chi connectivity index (χ0v) is 16.8. The molecule has 2 aromatic heterocycles. The van der Waals surface area contributed by atoms with Crippen LogP contribution in [0.1, 0.15) is 34.3 Å². The number of aryl methyl sites for hydroxylation is 4. The Morgan fingerprint density at radius 1 is 1.04 bits per heavy atom. The van der Waals surface area contributed by atoms with Gasteiger partial charge in [0.2, 0.25) is 5.95 Å². The molecule has 0 amide bonds. The lowest BCUT2D eigenvalue weighted by Crippen LogP contribution is -2.09. The molecule has 0 aliphatic carbocycles. The molecule has 0 saturated carbocycles. The molecule has 5 nitrogen and oxygen atoms in total. The van der Waals surface area contributed by atoms with Gasteiger partial charge in [0.25, 0.3) is 0 Å². The second-order valence-corrected chi connectivity index (χ2v) is 7.46. The van der Waals surface area contributed by atoms with Crippen LogP contribution in [0.2, 0.25) is 0 Å². The summed E-state index contributed by atoms with van der Waals surface area (Å²) < 4.78 is 0. The molecule has 0 unspecified atom stereocenters. The summed E-state index contributed by atoms with van der Waals surface area (Å²) in [6, 6.07) is 8.33. The minimum Gasteiger partial charge on any atom is -0.372 e. The lowest BCUT2D eigenvalue weighted by atomic mass is 10.1. The molecule has 0 aliphatic heterocycles. The molecule has 0 saturated heterocycles. The molecule has 1 aromatic carbocycles. The van der Waals surface area contributed by atoms with Gasteiger partial charge in [-0.25, -0.2) is 9.97 Å². The third kappa shape index (κ3) is 3.70. The van der Waals surface area contributed by atoms with Gasteiger partial charge >= 0.3 is 0 Å². The summed E-state index contributed by atoms with van der Waals surface area (Å²) in [6.07, 6.45) is 0.938. The molecule has 0 spiro atoms. The van der Waals surface area contributed by atoms with Crippen LogP contribution in [-0.2, 0) is 13.0 Å². The SMILES string of the molecule is CCc1nc(-c2c(C)nc(NCc3ccccc3C)nc2NC)sc1C. The van der Waals surface area contributed by atoms with Crippen LogP contribution in [0.15, 0.2) is 24.3 Å². The Morgan fingerprint density at radius 3 is 2.46 bits per heavy atom. The Bertz CT molecular complexity index is 917. The number of anilines is 2. The molecule has 2 N–H and O–H groups in total. The molecular weight excluding hydrogens is 342 g/mol. The maximum atomic E-state index is 4.78. The predicted octanol–water partition coefficient (Wildman–Crippen LogP) is 4.74. The standard InChI is InChI=1S/C20H25N5S/c1-6-16-14(4)26-19(24-16)17-13(3)23-20(25-18(17)21-5)22-11-15-10-8-7-9-12(15)2/h7-10H,6,11H2,1-5H3,(H2,21,22,23,25). The monoisotopic (exact) mass is 367 g/mol. The fourth-order valence-corrected chi connectivity index (χ4v) is 4.03. The van der Waals surface area contributed by atoms with E-state index in [1.807, 2.05) is 26.1 Å². The van der Waals surface area contributed by atoms with Crippen molar-refractivity contribution in [2.75, 3.05) is 17.7 Å². The highest BCUT2D eigenvalue weighted by atomic mass is 32.1. The highest BCUT2D eigenvalue weighted by molar-refractivity contribution is 7.15. The van der Waals surface area contributed by atoms with E-state index in [1.165, 1.54) is 16.0 Å². The number of rotatable bonds is 6. The first-order chi connectivity index (χ1) is 12.5. The lowest BCUT2D eigenvalue weighted by Gasteiger charge is -2.13. The summed E-state index contributed by atoms with van der Waals surface area (Å²) >= 11 is 1.70. The zero-order valence-electron chi connectivity index (χ0n) is 16.0. The molecule has 0 atom stereocenters. The van der Waals surface area contributed by atoms with Crippen LogP contribution >= 0.6 is 11.3 Å². The summed E-state index contributed by atoms with van der Waals surface area (Å²) in [5, 5.41) is 7.53. The van der Waals surface area contributed by atoms with Gasteiger partial charge in [-0.1, -0.05) is 31.2 Å². The predicted molar refractivity (Wildman–Crippen MR) is 110 cm³/mol. The highest BCUT2D eigenvalue weighted by Gasteiger charge is 2.17. The quantitative estimate of drug-likeness (QED) is 0.659. The minimum absolute atomic E-state index is 0.628. The van der Waals surface area contributed by atoms with E-state index >= 15 is 0 Å². The third-order valence-electron chi connectivity index (χ3n) is 4.47. The van der Waals surface area contributed by atoms with Gasteiger partial charge in [-0.15, -0.1) is 11.3 Å². The fraction of sp³-hybridized carbons (Fsp3) is 0.350. The summed E-state index contributed by atoms with van der Waals surface area (Å²) in [4.78, 5) is 15.4. The third-order valence-corrected chi connectivity index (χ3v) is 5.50. The van der Waals surface area contributed by atoms with E-state index in [0.717, 1.165) is 34.2 Å². The van der Waals surface area contributed by atoms with E-state index in [-0.39, 0.29) is 0 Å². The Kier molecular flexibility index (Phi) is 5.52. The summed E-state index contributed by atoms with van der Waals surface area (Å²) in [7, 11) is 1.89. The van der Waals surface area contributed by atoms with Gasteiger partial charge in [0, 0.05) is 18.5 Å². The van der Waals surface area contributed by atoms with Gasteiger partial charge in [-0.3, -0.25) is 0 Å². The van der Waals surface area contributed by atoms with E-state index in [2.05, 4.69) is 53.5 Å². The zero-order chi connectivity index (χ0) is 18.7. The number of nitrogens with one attached hydrogen (secondary N) is 2. The van der Waals surface area contributed by atoms with Crippen molar-refractivity contribution in [2.45, 2.75) is 40.7 Å². The number of benzene rings is 1. The van der Waals surface area contributed by atoms with Crippen LogP contribution in [-0.4, -0.2) is 22.0 Å². The van der Waals surface area contributed by atoms with Crippen LogP contribution in [0.5, 0.6) is 0 Å². The van der Waals surface area contributed by atoms with Gasteiger partial charge < -0.3 is 10.6 Å². The fourth-order valence-electron chi connectivity index (χ4n) is 2.93. The average molecular weight is 368 g/mol. The lowest BCUT2D eigenvalue weighted by molar-refractivity contribution is 1.02. The van der Waals surface area contributed by atoms with E-state index in [9.17, 15) is 0 Å². The molecule has 0 fully saturated rings. The maximum Gasteiger partial charge on any atom is 0.225 e. The summed E-state index contributed by atoms with van der Waals surface area (Å²) in [6.45, 7) is 9.07. The van der Waals surface area contributed by atoms with Crippen molar-refractivity contribution in [3.63, 3.8) is 0 Å². The first-order valence-corrected chi connectivity index (χ1v) is 9.66. The topological polar surface area (TPSA) is 62.7 Å². The molecule has 0 aliphatic rings. The number of nitrogens with zero attached hydrogens (tertiary/aromatic N) is 3. The minimum atomic E-state index is 0.628. The van der Waals surface area contributed by atoms with Gasteiger partial charge in [0.05, 0.1) is 17.0 Å². The van der Waals surface area contributed by atoms with Crippen LogP contribution in [0.3, 0.4) is 0 Å². The number of aromatic nitrogens is 3. The molecule has 0 bridgehead atoms. The molecule has 2 heterocycles. The molecule has 6 heteroatoms. The van der Waals surface area contributed by atoms with Gasteiger partial charge in [-0.05, 0) is 38.3 Å². The van der Waals surface area contributed by atoms with Crippen molar-refractivity contribution in [2.24, 2.45) is 0 Å². The Labute approximate surface area is 158 Å². The van der Waals surface area contributed by atoms with Crippen molar-refractivity contribution < 1.29 is 0 Å².